The Hall–Kier alpha value is -2.86. The number of carbonyl (C=O) groups excluding carboxylic acids is 2. The van der Waals surface area contributed by atoms with Gasteiger partial charge < -0.3 is 13.7 Å². The highest BCUT2D eigenvalue weighted by molar-refractivity contribution is 6.30. The van der Waals surface area contributed by atoms with Gasteiger partial charge in [0.1, 0.15) is 11.6 Å². The Morgan fingerprint density at radius 3 is 2.67 bits per heavy atom. The van der Waals surface area contributed by atoms with Crippen LogP contribution in [0.4, 0.5) is 4.39 Å². The van der Waals surface area contributed by atoms with E-state index in [-0.39, 0.29) is 16.4 Å². The van der Waals surface area contributed by atoms with E-state index in [9.17, 15) is 14.0 Å². The third-order valence-corrected chi connectivity index (χ3v) is 4.49. The maximum Gasteiger partial charge on any atom is 0.341 e. The molecule has 0 fully saturated rings. The molecule has 27 heavy (non-hydrogen) atoms. The minimum absolute atomic E-state index is 0.205. The van der Waals surface area contributed by atoms with Gasteiger partial charge in [-0.15, -0.1) is 0 Å². The number of halogens is 2. The highest BCUT2D eigenvalue weighted by Crippen LogP contribution is 2.19. The molecule has 140 valence electrons. The molecule has 0 radical (unpaired) electrons. The van der Waals surface area contributed by atoms with Crippen LogP contribution in [0, 0.1) is 19.7 Å². The highest BCUT2D eigenvalue weighted by Gasteiger charge is 2.20. The molecule has 0 spiro atoms. The number of ether oxygens (including phenoxy) is 1. The van der Waals surface area contributed by atoms with E-state index in [1.165, 1.54) is 12.1 Å². The number of aromatic nitrogens is 1. The van der Waals surface area contributed by atoms with Crippen LogP contribution in [0.5, 0.6) is 0 Å². The molecule has 0 amide bonds. The zero-order chi connectivity index (χ0) is 19.6. The number of benzene rings is 1. The van der Waals surface area contributed by atoms with Crippen molar-refractivity contribution in [3.05, 3.63) is 81.8 Å². The number of rotatable bonds is 6. The quantitative estimate of drug-likeness (QED) is 0.457. The Labute approximate surface area is 160 Å². The van der Waals surface area contributed by atoms with Crippen molar-refractivity contribution >= 4 is 23.4 Å². The Bertz CT molecular complexity index is 992. The lowest BCUT2D eigenvalue weighted by Crippen LogP contribution is -2.16. The molecule has 2 aromatic heterocycles. The summed E-state index contributed by atoms with van der Waals surface area (Å²) in [5.74, 6) is -1.30. The third kappa shape index (κ3) is 4.11. The van der Waals surface area contributed by atoms with Crippen molar-refractivity contribution in [2.75, 3.05) is 6.61 Å². The van der Waals surface area contributed by atoms with Crippen LogP contribution in [-0.4, -0.2) is 22.9 Å². The van der Waals surface area contributed by atoms with Crippen molar-refractivity contribution in [2.45, 2.75) is 20.4 Å². The monoisotopic (exact) mass is 389 g/mol. The number of aryl methyl sites for hydroxylation is 1. The number of nitrogens with zero attached hydrogens (tertiary/aromatic N) is 1. The molecule has 2 heterocycles. The number of carbonyl (C=O) groups is 2. The van der Waals surface area contributed by atoms with Gasteiger partial charge in [0.25, 0.3) is 0 Å². The molecule has 0 N–H and O–H groups in total. The van der Waals surface area contributed by atoms with Crippen LogP contribution in [0.3, 0.4) is 0 Å². The predicted molar refractivity (Wildman–Crippen MR) is 97.7 cm³/mol. The van der Waals surface area contributed by atoms with Gasteiger partial charge in [0, 0.05) is 22.0 Å². The number of furan rings is 1. The average Bonchev–Trinajstić information content (AvgIpc) is 3.25. The van der Waals surface area contributed by atoms with Crippen LogP contribution in [0.15, 0.2) is 47.1 Å². The lowest BCUT2D eigenvalue weighted by molar-refractivity contribution is 0.0470. The largest absolute Gasteiger partial charge is 0.467 e. The van der Waals surface area contributed by atoms with Crippen molar-refractivity contribution in [2.24, 2.45) is 0 Å². The molecule has 0 bridgehead atoms. The van der Waals surface area contributed by atoms with Crippen molar-refractivity contribution < 1.29 is 23.1 Å². The van der Waals surface area contributed by atoms with E-state index in [1.807, 2.05) is 24.5 Å². The van der Waals surface area contributed by atoms with E-state index < -0.39 is 18.4 Å². The molecule has 0 atom stereocenters. The van der Waals surface area contributed by atoms with Gasteiger partial charge in [0.05, 0.1) is 18.4 Å². The number of hydrogen-bond donors (Lipinski definition) is 0. The molecular formula is C20H17ClFNO4. The van der Waals surface area contributed by atoms with Crippen molar-refractivity contribution in [3.8, 4) is 0 Å². The lowest BCUT2D eigenvalue weighted by Gasteiger charge is -2.08. The lowest BCUT2D eigenvalue weighted by atomic mass is 10.1. The second kappa shape index (κ2) is 7.80. The molecule has 7 heteroatoms. The van der Waals surface area contributed by atoms with Crippen LogP contribution in [0.2, 0.25) is 5.02 Å². The van der Waals surface area contributed by atoms with Crippen molar-refractivity contribution in [1.29, 1.82) is 0 Å². The SMILES string of the molecule is Cc1cc(C(=O)COC(=O)c2cc(Cl)ccc2F)c(C)n1Cc1ccco1. The van der Waals surface area contributed by atoms with Gasteiger partial charge in [0.2, 0.25) is 5.78 Å². The summed E-state index contributed by atoms with van der Waals surface area (Å²) in [6.07, 6.45) is 1.59. The van der Waals surface area contributed by atoms with Gasteiger partial charge in [-0.05, 0) is 50.2 Å². The van der Waals surface area contributed by atoms with E-state index >= 15 is 0 Å². The molecule has 0 aliphatic rings. The van der Waals surface area contributed by atoms with E-state index in [1.54, 1.807) is 18.4 Å². The highest BCUT2D eigenvalue weighted by atomic mass is 35.5. The molecule has 0 saturated carbocycles. The Balaban J connectivity index is 1.71. The fraction of sp³-hybridized carbons (Fsp3) is 0.200. The first kappa shape index (κ1) is 18.9. The first-order valence-corrected chi connectivity index (χ1v) is 8.59. The van der Waals surface area contributed by atoms with Crippen LogP contribution < -0.4 is 0 Å². The van der Waals surface area contributed by atoms with Crippen LogP contribution in [0.25, 0.3) is 0 Å². The summed E-state index contributed by atoms with van der Waals surface area (Å²) in [5, 5.41) is 0.205. The zero-order valence-electron chi connectivity index (χ0n) is 14.8. The van der Waals surface area contributed by atoms with Gasteiger partial charge >= 0.3 is 5.97 Å². The van der Waals surface area contributed by atoms with E-state index in [4.69, 9.17) is 20.8 Å². The maximum absolute atomic E-state index is 13.7. The van der Waals surface area contributed by atoms with E-state index in [2.05, 4.69) is 0 Å². The van der Waals surface area contributed by atoms with Gasteiger partial charge in [-0.2, -0.15) is 0 Å². The fourth-order valence-electron chi connectivity index (χ4n) is 2.83. The Morgan fingerprint density at radius 2 is 1.96 bits per heavy atom. The molecular weight excluding hydrogens is 373 g/mol. The minimum atomic E-state index is -0.937. The number of hydrogen-bond acceptors (Lipinski definition) is 4. The summed E-state index contributed by atoms with van der Waals surface area (Å²) in [6, 6.07) is 8.94. The molecule has 0 unspecified atom stereocenters. The number of Topliss-reactive ketones (excluding diaryl/α,β-unsaturated/α-hetero) is 1. The summed E-state index contributed by atoms with van der Waals surface area (Å²) in [5.41, 5.74) is 1.75. The molecule has 3 aromatic rings. The standard InChI is InChI=1S/C20H17ClFNO4/c1-12-8-16(13(2)23(12)10-15-4-3-7-26-15)19(24)11-27-20(25)17-9-14(21)5-6-18(17)22/h3-9H,10-11H2,1-2H3. The number of esters is 1. The minimum Gasteiger partial charge on any atom is -0.467 e. The fourth-order valence-corrected chi connectivity index (χ4v) is 3.00. The first-order valence-electron chi connectivity index (χ1n) is 8.21. The summed E-state index contributed by atoms with van der Waals surface area (Å²) < 4.78 is 26.0. The summed E-state index contributed by atoms with van der Waals surface area (Å²) in [7, 11) is 0. The second-order valence-electron chi connectivity index (χ2n) is 6.07. The topological polar surface area (TPSA) is 61.4 Å². The van der Waals surface area contributed by atoms with Crippen molar-refractivity contribution in [1.82, 2.24) is 4.57 Å². The normalized spacial score (nSPS) is 10.8. The van der Waals surface area contributed by atoms with E-state index in [0.717, 1.165) is 23.2 Å². The van der Waals surface area contributed by atoms with Gasteiger partial charge in [-0.1, -0.05) is 11.6 Å². The summed E-state index contributed by atoms with van der Waals surface area (Å²) in [6.45, 7) is 3.68. The Kier molecular flexibility index (Phi) is 5.46. The average molecular weight is 390 g/mol. The predicted octanol–water partition coefficient (Wildman–Crippen LogP) is 4.58. The number of ketones is 1. The van der Waals surface area contributed by atoms with Gasteiger partial charge in [0.15, 0.2) is 6.61 Å². The molecule has 1 aromatic carbocycles. The van der Waals surface area contributed by atoms with Crippen LogP contribution in [-0.2, 0) is 11.3 Å². The van der Waals surface area contributed by atoms with Crippen molar-refractivity contribution in [3.63, 3.8) is 0 Å². The van der Waals surface area contributed by atoms with Crippen LogP contribution in [0.1, 0.15) is 37.9 Å². The molecule has 0 aliphatic heterocycles. The Morgan fingerprint density at radius 1 is 1.19 bits per heavy atom. The molecule has 5 nitrogen and oxygen atoms in total. The van der Waals surface area contributed by atoms with E-state index in [0.29, 0.717) is 12.1 Å². The van der Waals surface area contributed by atoms with Gasteiger partial charge in [-0.3, -0.25) is 4.79 Å². The molecule has 0 saturated heterocycles. The second-order valence-corrected chi connectivity index (χ2v) is 6.51. The first-order chi connectivity index (χ1) is 12.9. The maximum atomic E-state index is 13.7. The molecule has 3 rings (SSSR count). The third-order valence-electron chi connectivity index (χ3n) is 4.25. The zero-order valence-corrected chi connectivity index (χ0v) is 15.5. The molecule has 0 aliphatic carbocycles. The van der Waals surface area contributed by atoms with Gasteiger partial charge in [-0.25, -0.2) is 9.18 Å². The smallest absolute Gasteiger partial charge is 0.341 e. The summed E-state index contributed by atoms with van der Waals surface area (Å²) >= 11 is 5.77. The summed E-state index contributed by atoms with van der Waals surface area (Å²) in [4.78, 5) is 24.5. The van der Waals surface area contributed by atoms with Crippen LogP contribution >= 0.6 is 11.6 Å².